The number of piperidine rings is 1. The lowest BCUT2D eigenvalue weighted by molar-refractivity contribution is -0.121. The summed E-state index contributed by atoms with van der Waals surface area (Å²) in [5, 5.41) is 4.66. The molecule has 2 amide bonds. The first-order valence-electron chi connectivity index (χ1n) is 11.2. The fourth-order valence-corrected chi connectivity index (χ4v) is 5.43. The quantitative estimate of drug-likeness (QED) is 0.598. The van der Waals surface area contributed by atoms with Crippen LogP contribution in [-0.4, -0.2) is 61.1 Å². The number of aromatic nitrogens is 1. The summed E-state index contributed by atoms with van der Waals surface area (Å²) < 4.78 is 6.48. The molecule has 2 aliphatic rings. The van der Waals surface area contributed by atoms with Crippen LogP contribution >= 0.6 is 22.9 Å². The minimum atomic E-state index is -0.111. The SMILES string of the molecule is O=C(Nc1ccc2nc(N3CCOCC3)sc2c1)C1CCN(C(=O)c2ccc(Cl)cc2)CC1. The highest BCUT2D eigenvalue weighted by Gasteiger charge is 2.28. The first-order chi connectivity index (χ1) is 16.1. The standard InChI is InChI=1S/C24H25ClN4O3S/c25-18-3-1-17(2-4-18)23(31)28-9-7-16(8-10-28)22(30)26-19-5-6-20-21(15-19)33-24(27-20)29-11-13-32-14-12-29/h1-6,15-16H,7-14H2,(H,26,30). The molecule has 2 saturated heterocycles. The summed E-state index contributed by atoms with van der Waals surface area (Å²) in [5.41, 5.74) is 2.34. The number of anilines is 2. The van der Waals surface area contributed by atoms with Gasteiger partial charge >= 0.3 is 0 Å². The minimum Gasteiger partial charge on any atom is -0.378 e. The number of morpholine rings is 1. The smallest absolute Gasteiger partial charge is 0.253 e. The highest BCUT2D eigenvalue weighted by molar-refractivity contribution is 7.22. The Morgan fingerprint density at radius 3 is 2.48 bits per heavy atom. The number of halogens is 1. The molecule has 3 aromatic rings. The van der Waals surface area contributed by atoms with Gasteiger partial charge in [-0.15, -0.1) is 0 Å². The summed E-state index contributed by atoms with van der Waals surface area (Å²) in [6.07, 6.45) is 1.30. The molecule has 0 saturated carbocycles. The van der Waals surface area contributed by atoms with E-state index in [-0.39, 0.29) is 17.7 Å². The number of ether oxygens (including phenoxy) is 1. The van der Waals surface area contributed by atoms with Gasteiger partial charge in [0.2, 0.25) is 5.91 Å². The normalized spacial score (nSPS) is 17.4. The summed E-state index contributed by atoms with van der Waals surface area (Å²) >= 11 is 7.55. The third kappa shape index (κ3) is 4.98. The Hall–Kier alpha value is -2.68. The zero-order valence-corrected chi connectivity index (χ0v) is 19.7. The highest BCUT2D eigenvalue weighted by Crippen LogP contribution is 2.31. The van der Waals surface area contributed by atoms with Crippen molar-refractivity contribution in [2.45, 2.75) is 12.8 Å². The minimum absolute atomic E-state index is 0.00543. The number of thiazole rings is 1. The Labute approximate surface area is 201 Å². The van der Waals surface area contributed by atoms with Crippen molar-refractivity contribution in [2.75, 3.05) is 49.6 Å². The van der Waals surface area contributed by atoms with E-state index >= 15 is 0 Å². The number of fused-ring (bicyclic) bond motifs is 1. The average Bonchev–Trinajstić information content (AvgIpc) is 3.28. The van der Waals surface area contributed by atoms with Gasteiger partial charge in [0.15, 0.2) is 5.13 Å². The second-order valence-corrected chi connectivity index (χ2v) is 9.79. The van der Waals surface area contributed by atoms with Crippen LogP contribution in [0.5, 0.6) is 0 Å². The molecule has 2 aliphatic heterocycles. The van der Waals surface area contributed by atoms with Gasteiger partial charge in [0.25, 0.3) is 5.91 Å². The number of likely N-dealkylation sites (tertiary alicyclic amines) is 1. The molecule has 3 heterocycles. The topological polar surface area (TPSA) is 74.8 Å². The predicted octanol–water partition coefficient (Wildman–Crippen LogP) is 4.28. The van der Waals surface area contributed by atoms with Crippen molar-refractivity contribution in [3.05, 3.63) is 53.1 Å². The molecular formula is C24H25ClN4O3S. The summed E-state index contributed by atoms with van der Waals surface area (Å²) in [7, 11) is 0. The number of benzene rings is 2. The first-order valence-corrected chi connectivity index (χ1v) is 12.4. The van der Waals surface area contributed by atoms with Crippen molar-refractivity contribution in [2.24, 2.45) is 5.92 Å². The van der Waals surface area contributed by atoms with Crippen LogP contribution < -0.4 is 10.2 Å². The number of carbonyl (C=O) groups is 2. The average molecular weight is 485 g/mol. The monoisotopic (exact) mass is 484 g/mol. The molecule has 9 heteroatoms. The van der Waals surface area contributed by atoms with Gasteiger partial charge in [0, 0.05) is 48.4 Å². The lowest BCUT2D eigenvalue weighted by Crippen LogP contribution is -2.41. The van der Waals surface area contributed by atoms with Crippen molar-refractivity contribution >= 4 is 55.8 Å². The van der Waals surface area contributed by atoms with Crippen LogP contribution in [0, 0.1) is 5.92 Å². The van der Waals surface area contributed by atoms with Crippen LogP contribution in [0.2, 0.25) is 5.02 Å². The maximum absolute atomic E-state index is 12.9. The first kappa shape index (κ1) is 22.1. The Bertz CT molecular complexity index is 1150. The van der Waals surface area contributed by atoms with Crippen LogP contribution in [0.1, 0.15) is 23.2 Å². The maximum atomic E-state index is 12.9. The summed E-state index contributed by atoms with van der Waals surface area (Å²) in [6.45, 7) is 4.28. The van der Waals surface area contributed by atoms with Gasteiger partial charge in [-0.05, 0) is 55.3 Å². The van der Waals surface area contributed by atoms with E-state index in [4.69, 9.17) is 21.3 Å². The second-order valence-electron chi connectivity index (χ2n) is 8.34. The van der Waals surface area contributed by atoms with E-state index in [1.54, 1.807) is 35.6 Å². The number of hydrogen-bond acceptors (Lipinski definition) is 6. The van der Waals surface area contributed by atoms with Gasteiger partial charge in [-0.3, -0.25) is 9.59 Å². The Kier molecular flexibility index (Phi) is 6.48. The Morgan fingerprint density at radius 1 is 1.03 bits per heavy atom. The van der Waals surface area contributed by atoms with E-state index in [0.29, 0.717) is 36.5 Å². The molecule has 1 aromatic heterocycles. The molecule has 0 atom stereocenters. The lowest BCUT2D eigenvalue weighted by atomic mass is 9.95. The third-order valence-electron chi connectivity index (χ3n) is 6.17. The third-order valence-corrected chi connectivity index (χ3v) is 7.50. The van der Waals surface area contributed by atoms with Crippen LogP contribution in [0.4, 0.5) is 10.8 Å². The van der Waals surface area contributed by atoms with Crippen LogP contribution in [0.3, 0.4) is 0 Å². The summed E-state index contributed by atoms with van der Waals surface area (Å²) in [6, 6.07) is 12.8. The van der Waals surface area contributed by atoms with E-state index in [9.17, 15) is 9.59 Å². The number of rotatable bonds is 4. The van der Waals surface area contributed by atoms with Gasteiger partial charge in [-0.1, -0.05) is 22.9 Å². The maximum Gasteiger partial charge on any atom is 0.253 e. The van der Waals surface area contributed by atoms with E-state index in [2.05, 4.69) is 10.2 Å². The van der Waals surface area contributed by atoms with E-state index in [1.165, 1.54) is 0 Å². The van der Waals surface area contributed by atoms with Crippen molar-refractivity contribution < 1.29 is 14.3 Å². The zero-order chi connectivity index (χ0) is 22.8. The molecule has 0 aliphatic carbocycles. The molecule has 2 fully saturated rings. The fourth-order valence-electron chi connectivity index (χ4n) is 4.24. The lowest BCUT2D eigenvalue weighted by Gasteiger charge is -2.31. The summed E-state index contributed by atoms with van der Waals surface area (Å²) in [4.78, 5) is 34.3. The van der Waals surface area contributed by atoms with Gasteiger partial charge in [-0.2, -0.15) is 0 Å². The van der Waals surface area contributed by atoms with Gasteiger partial charge in [0.05, 0.1) is 23.4 Å². The molecule has 5 rings (SSSR count). The summed E-state index contributed by atoms with van der Waals surface area (Å²) in [5.74, 6) is -0.122. The van der Waals surface area contributed by atoms with E-state index in [1.807, 2.05) is 23.1 Å². The molecule has 172 valence electrons. The van der Waals surface area contributed by atoms with Crippen molar-refractivity contribution in [1.82, 2.24) is 9.88 Å². The molecule has 1 N–H and O–H groups in total. The van der Waals surface area contributed by atoms with Crippen molar-refractivity contribution in [3.8, 4) is 0 Å². The Morgan fingerprint density at radius 2 is 1.76 bits per heavy atom. The highest BCUT2D eigenvalue weighted by atomic mass is 35.5. The fraction of sp³-hybridized carbons (Fsp3) is 0.375. The van der Waals surface area contributed by atoms with Gasteiger partial charge in [0.1, 0.15) is 0 Å². The van der Waals surface area contributed by atoms with E-state index < -0.39 is 0 Å². The largest absolute Gasteiger partial charge is 0.378 e. The molecule has 7 nitrogen and oxygen atoms in total. The van der Waals surface area contributed by atoms with Crippen LogP contribution in [0.25, 0.3) is 10.2 Å². The van der Waals surface area contributed by atoms with Gasteiger partial charge in [-0.25, -0.2) is 4.98 Å². The molecule has 0 radical (unpaired) electrons. The molecule has 0 unspecified atom stereocenters. The van der Waals surface area contributed by atoms with E-state index in [0.717, 1.165) is 47.3 Å². The molecular weight excluding hydrogens is 460 g/mol. The number of carbonyl (C=O) groups excluding carboxylic acids is 2. The van der Waals surface area contributed by atoms with Gasteiger partial charge < -0.3 is 19.9 Å². The zero-order valence-electron chi connectivity index (χ0n) is 18.1. The van der Waals surface area contributed by atoms with Crippen LogP contribution in [-0.2, 0) is 9.53 Å². The molecule has 0 spiro atoms. The number of nitrogens with one attached hydrogen (secondary N) is 1. The van der Waals surface area contributed by atoms with Crippen molar-refractivity contribution in [1.29, 1.82) is 0 Å². The van der Waals surface area contributed by atoms with Crippen molar-refractivity contribution in [3.63, 3.8) is 0 Å². The number of hydrogen-bond donors (Lipinski definition) is 1. The molecule has 2 aromatic carbocycles. The van der Waals surface area contributed by atoms with Crippen LogP contribution in [0.15, 0.2) is 42.5 Å². The number of nitrogens with zero attached hydrogens (tertiary/aromatic N) is 3. The second kappa shape index (κ2) is 9.67. The predicted molar refractivity (Wildman–Crippen MR) is 131 cm³/mol. The Balaban J connectivity index is 1.18. The number of amides is 2. The molecule has 33 heavy (non-hydrogen) atoms. The molecule has 0 bridgehead atoms.